The van der Waals surface area contributed by atoms with Crippen molar-refractivity contribution in [1.82, 2.24) is 9.80 Å². The molecule has 2 aromatic rings. The van der Waals surface area contributed by atoms with Gasteiger partial charge >= 0.3 is 0 Å². The third-order valence-electron chi connectivity index (χ3n) is 4.56. The molecular weight excluding hydrogens is 352 g/mol. The number of hydrogen-bond acceptors (Lipinski definition) is 3. The summed E-state index contributed by atoms with van der Waals surface area (Å²) in [7, 11) is 1.62. The number of carbonyl (C=O) groups excluding carboxylic acids is 2. The monoisotopic (exact) mass is 372 g/mol. The van der Waals surface area contributed by atoms with Gasteiger partial charge < -0.3 is 14.5 Å². The molecule has 5 nitrogen and oxygen atoms in total. The second kappa shape index (κ2) is 7.79. The first-order chi connectivity index (χ1) is 12.5. The van der Waals surface area contributed by atoms with E-state index in [1.807, 2.05) is 31.2 Å². The van der Waals surface area contributed by atoms with Crippen LogP contribution in [0, 0.1) is 6.92 Å². The van der Waals surface area contributed by atoms with E-state index < -0.39 is 0 Å². The predicted molar refractivity (Wildman–Crippen MR) is 101 cm³/mol. The van der Waals surface area contributed by atoms with Crippen molar-refractivity contribution < 1.29 is 14.3 Å². The SMILES string of the molecule is COc1ccc(CN2CCN(C(=O)c3ccc(Cl)cc3C)CC2=O)cc1. The van der Waals surface area contributed by atoms with E-state index in [1.165, 1.54) is 0 Å². The molecule has 0 spiro atoms. The van der Waals surface area contributed by atoms with Gasteiger partial charge in [-0.3, -0.25) is 9.59 Å². The van der Waals surface area contributed by atoms with Crippen molar-refractivity contribution in [2.75, 3.05) is 26.7 Å². The van der Waals surface area contributed by atoms with Crippen LogP contribution < -0.4 is 4.74 Å². The summed E-state index contributed by atoms with van der Waals surface area (Å²) in [5, 5.41) is 0.597. The minimum absolute atomic E-state index is 0.0490. The molecule has 6 heteroatoms. The smallest absolute Gasteiger partial charge is 0.254 e. The molecule has 1 heterocycles. The first-order valence-corrected chi connectivity index (χ1v) is 8.82. The van der Waals surface area contributed by atoms with Gasteiger partial charge in [-0.05, 0) is 48.4 Å². The molecule has 1 aliphatic heterocycles. The lowest BCUT2D eigenvalue weighted by molar-refractivity contribution is -0.135. The van der Waals surface area contributed by atoms with Crippen molar-refractivity contribution in [3.63, 3.8) is 0 Å². The second-order valence-electron chi connectivity index (χ2n) is 6.35. The quantitative estimate of drug-likeness (QED) is 0.828. The van der Waals surface area contributed by atoms with E-state index in [0.717, 1.165) is 16.9 Å². The van der Waals surface area contributed by atoms with Crippen LogP contribution in [0.1, 0.15) is 21.5 Å². The van der Waals surface area contributed by atoms with Crippen molar-refractivity contribution >= 4 is 23.4 Å². The molecule has 1 aliphatic rings. The summed E-state index contributed by atoms with van der Waals surface area (Å²) in [5.74, 6) is 0.609. The molecule has 2 amide bonds. The average Bonchev–Trinajstić information content (AvgIpc) is 2.63. The molecule has 0 radical (unpaired) electrons. The van der Waals surface area contributed by atoms with E-state index >= 15 is 0 Å². The molecule has 3 rings (SSSR count). The van der Waals surface area contributed by atoms with Crippen LogP contribution in [0.25, 0.3) is 0 Å². The Morgan fingerprint density at radius 2 is 1.88 bits per heavy atom. The molecular formula is C20H21ClN2O3. The van der Waals surface area contributed by atoms with Gasteiger partial charge in [-0.2, -0.15) is 0 Å². The fourth-order valence-corrected chi connectivity index (χ4v) is 3.26. The number of methoxy groups -OCH3 is 1. The minimum Gasteiger partial charge on any atom is -0.497 e. The van der Waals surface area contributed by atoms with Crippen LogP contribution in [0.3, 0.4) is 0 Å². The fourth-order valence-electron chi connectivity index (χ4n) is 3.04. The van der Waals surface area contributed by atoms with Gasteiger partial charge in [-0.25, -0.2) is 0 Å². The summed E-state index contributed by atoms with van der Waals surface area (Å²) in [5.41, 5.74) is 2.44. The van der Waals surface area contributed by atoms with Gasteiger partial charge in [0.15, 0.2) is 0 Å². The van der Waals surface area contributed by atoms with E-state index in [4.69, 9.17) is 16.3 Å². The first kappa shape index (κ1) is 18.3. The van der Waals surface area contributed by atoms with E-state index in [1.54, 1.807) is 35.1 Å². The highest BCUT2D eigenvalue weighted by molar-refractivity contribution is 6.30. The van der Waals surface area contributed by atoms with E-state index in [9.17, 15) is 9.59 Å². The molecule has 0 unspecified atom stereocenters. The summed E-state index contributed by atoms with van der Waals surface area (Å²) in [6.45, 7) is 3.51. The van der Waals surface area contributed by atoms with Crippen molar-refractivity contribution in [1.29, 1.82) is 0 Å². The molecule has 1 saturated heterocycles. The molecule has 1 fully saturated rings. The Morgan fingerprint density at radius 1 is 1.15 bits per heavy atom. The summed E-state index contributed by atoms with van der Waals surface area (Å²) < 4.78 is 5.15. The number of halogens is 1. The number of aryl methyl sites for hydroxylation is 1. The van der Waals surface area contributed by atoms with Gasteiger partial charge in [-0.15, -0.1) is 0 Å². The first-order valence-electron chi connectivity index (χ1n) is 8.44. The number of carbonyl (C=O) groups is 2. The highest BCUT2D eigenvalue weighted by Crippen LogP contribution is 2.19. The van der Waals surface area contributed by atoms with Crippen LogP contribution in [0.15, 0.2) is 42.5 Å². The molecule has 26 heavy (non-hydrogen) atoms. The normalized spacial score (nSPS) is 14.5. The maximum Gasteiger partial charge on any atom is 0.254 e. The maximum atomic E-state index is 12.7. The highest BCUT2D eigenvalue weighted by Gasteiger charge is 2.28. The third-order valence-corrected chi connectivity index (χ3v) is 4.79. The molecule has 0 aromatic heterocycles. The lowest BCUT2D eigenvalue weighted by atomic mass is 10.1. The van der Waals surface area contributed by atoms with Crippen LogP contribution in [0.2, 0.25) is 5.02 Å². The number of ether oxygens (including phenoxy) is 1. The Balaban J connectivity index is 1.64. The number of hydrogen-bond donors (Lipinski definition) is 0. The number of benzene rings is 2. The highest BCUT2D eigenvalue weighted by atomic mass is 35.5. The lowest BCUT2D eigenvalue weighted by Crippen LogP contribution is -2.51. The predicted octanol–water partition coefficient (Wildman–Crippen LogP) is 3.14. The molecule has 0 N–H and O–H groups in total. The van der Waals surface area contributed by atoms with Gasteiger partial charge in [0.2, 0.25) is 5.91 Å². The fraction of sp³-hybridized carbons (Fsp3) is 0.300. The molecule has 0 bridgehead atoms. The Kier molecular flexibility index (Phi) is 5.47. The second-order valence-corrected chi connectivity index (χ2v) is 6.79. The Hall–Kier alpha value is -2.53. The molecule has 136 valence electrons. The third kappa shape index (κ3) is 3.99. The molecule has 2 aromatic carbocycles. The van der Waals surface area contributed by atoms with E-state index in [0.29, 0.717) is 30.2 Å². The summed E-state index contributed by atoms with van der Waals surface area (Å²) >= 11 is 5.95. The van der Waals surface area contributed by atoms with E-state index in [-0.39, 0.29) is 18.4 Å². The van der Waals surface area contributed by atoms with E-state index in [2.05, 4.69) is 0 Å². The zero-order valence-electron chi connectivity index (χ0n) is 14.9. The molecule has 0 atom stereocenters. The minimum atomic E-state index is -0.128. The molecule has 0 saturated carbocycles. The summed E-state index contributed by atoms with van der Waals surface area (Å²) in [6.07, 6.45) is 0. The van der Waals surface area contributed by atoms with Crippen molar-refractivity contribution in [3.05, 3.63) is 64.2 Å². The number of rotatable bonds is 4. The maximum absolute atomic E-state index is 12.7. The zero-order chi connectivity index (χ0) is 18.7. The van der Waals surface area contributed by atoms with Gasteiger partial charge in [0.05, 0.1) is 7.11 Å². The Morgan fingerprint density at radius 3 is 2.50 bits per heavy atom. The lowest BCUT2D eigenvalue weighted by Gasteiger charge is -2.34. The van der Waals surface area contributed by atoms with Crippen molar-refractivity contribution in [2.45, 2.75) is 13.5 Å². The van der Waals surface area contributed by atoms with Gasteiger partial charge in [0, 0.05) is 30.2 Å². The van der Waals surface area contributed by atoms with Crippen LogP contribution in [-0.4, -0.2) is 48.4 Å². The number of nitrogens with zero attached hydrogens (tertiary/aromatic N) is 2. The van der Waals surface area contributed by atoms with Gasteiger partial charge in [0.1, 0.15) is 12.3 Å². The average molecular weight is 373 g/mol. The standard InChI is InChI=1S/C20H21ClN2O3/c1-14-11-16(21)5-8-18(14)20(25)23-10-9-22(19(24)13-23)12-15-3-6-17(26-2)7-4-15/h3-8,11H,9-10,12-13H2,1-2H3. The van der Waals surface area contributed by atoms with Crippen LogP contribution >= 0.6 is 11.6 Å². The topological polar surface area (TPSA) is 49.9 Å². The largest absolute Gasteiger partial charge is 0.497 e. The number of amides is 2. The van der Waals surface area contributed by atoms with Gasteiger partial charge in [0.25, 0.3) is 5.91 Å². The van der Waals surface area contributed by atoms with Gasteiger partial charge in [-0.1, -0.05) is 23.7 Å². The molecule has 0 aliphatic carbocycles. The van der Waals surface area contributed by atoms with Crippen LogP contribution in [0.4, 0.5) is 0 Å². The van der Waals surface area contributed by atoms with Crippen LogP contribution in [-0.2, 0) is 11.3 Å². The van der Waals surface area contributed by atoms with Crippen molar-refractivity contribution in [3.8, 4) is 5.75 Å². The zero-order valence-corrected chi connectivity index (χ0v) is 15.6. The summed E-state index contributed by atoms with van der Waals surface area (Å²) in [6, 6.07) is 12.8. The van der Waals surface area contributed by atoms with Crippen molar-refractivity contribution in [2.24, 2.45) is 0 Å². The Bertz CT molecular complexity index is 820. The Labute approximate surface area is 158 Å². The van der Waals surface area contributed by atoms with Crippen LogP contribution in [0.5, 0.6) is 5.75 Å². The summed E-state index contributed by atoms with van der Waals surface area (Å²) in [4.78, 5) is 28.6. The number of piperazine rings is 1.